The van der Waals surface area contributed by atoms with Gasteiger partial charge in [0.15, 0.2) is 9.84 Å². The maximum Gasteiger partial charge on any atom is 0.416 e. The molecule has 2 aromatic carbocycles. The van der Waals surface area contributed by atoms with Gasteiger partial charge in [-0.05, 0) is 61.2 Å². The molecule has 14 heteroatoms. The molecule has 1 atom stereocenters. The molecule has 2 heterocycles. The van der Waals surface area contributed by atoms with E-state index in [4.69, 9.17) is 0 Å². The number of nitrogens with zero attached hydrogens (tertiary/aromatic N) is 3. The Bertz CT molecular complexity index is 1490. The molecule has 2 saturated heterocycles. The Morgan fingerprint density at radius 3 is 2.14 bits per heavy atom. The summed E-state index contributed by atoms with van der Waals surface area (Å²) in [6.45, 7) is 3.85. The molecule has 2 aromatic rings. The van der Waals surface area contributed by atoms with Crippen molar-refractivity contribution in [1.29, 1.82) is 0 Å². The number of halogens is 4. The zero-order valence-corrected chi connectivity index (χ0v) is 24.4. The molecule has 1 unspecified atom stereocenters. The minimum absolute atomic E-state index is 0.143. The average Bonchev–Trinajstić information content (AvgIpc) is 3.15. The quantitative estimate of drug-likeness (QED) is 0.502. The van der Waals surface area contributed by atoms with Crippen LogP contribution in [0.1, 0.15) is 42.6 Å². The van der Waals surface area contributed by atoms with Gasteiger partial charge in [0.25, 0.3) is 5.91 Å². The fourth-order valence-electron chi connectivity index (χ4n) is 5.47. The van der Waals surface area contributed by atoms with Crippen LogP contribution in [-0.4, -0.2) is 80.6 Å². The van der Waals surface area contributed by atoms with Crippen LogP contribution < -0.4 is 10.2 Å². The van der Waals surface area contributed by atoms with E-state index in [0.717, 1.165) is 6.26 Å². The van der Waals surface area contributed by atoms with E-state index in [0.29, 0.717) is 23.9 Å². The van der Waals surface area contributed by atoms with Crippen LogP contribution in [0, 0.1) is 11.7 Å². The molecule has 2 aliphatic heterocycles. The van der Waals surface area contributed by atoms with Gasteiger partial charge in [-0.2, -0.15) is 13.2 Å². The van der Waals surface area contributed by atoms with E-state index in [2.05, 4.69) is 5.32 Å². The van der Waals surface area contributed by atoms with E-state index in [1.54, 1.807) is 37.9 Å². The molecule has 42 heavy (non-hydrogen) atoms. The number of benzene rings is 2. The Balaban J connectivity index is 1.51. The van der Waals surface area contributed by atoms with Crippen molar-refractivity contribution in [2.45, 2.75) is 49.3 Å². The first-order valence-corrected chi connectivity index (χ1v) is 15.1. The molecule has 2 fully saturated rings. The zero-order chi connectivity index (χ0) is 31.2. The number of alkyl halides is 3. The molecule has 0 aliphatic carbocycles. The lowest BCUT2D eigenvalue weighted by molar-refractivity contribution is -0.139. The predicted octanol–water partition coefficient (Wildman–Crippen LogP) is 3.30. The number of likely N-dealkylation sites (tertiary alicyclic amines) is 1. The highest BCUT2D eigenvalue weighted by Gasteiger charge is 2.53. The number of piperidine rings is 1. The topological polar surface area (TPSA) is 107 Å². The van der Waals surface area contributed by atoms with Crippen LogP contribution in [0.15, 0.2) is 47.4 Å². The average molecular weight is 613 g/mol. The van der Waals surface area contributed by atoms with Crippen molar-refractivity contribution in [1.82, 2.24) is 15.1 Å². The Morgan fingerprint density at radius 1 is 1.02 bits per heavy atom. The number of sulfone groups is 1. The zero-order valence-electron chi connectivity index (χ0n) is 23.5. The summed E-state index contributed by atoms with van der Waals surface area (Å²) in [5, 5.41) is 2.41. The van der Waals surface area contributed by atoms with Gasteiger partial charge in [-0.1, -0.05) is 13.8 Å². The summed E-state index contributed by atoms with van der Waals surface area (Å²) >= 11 is 0. The summed E-state index contributed by atoms with van der Waals surface area (Å²) in [7, 11) is -1.75. The lowest BCUT2D eigenvalue weighted by Gasteiger charge is -2.44. The first-order chi connectivity index (χ1) is 19.5. The smallest absolute Gasteiger partial charge is 0.341 e. The van der Waals surface area contributed by atoms with Crippen molar-refractivity contribution < 1.29 is 40.4 Å². The third-order valence-electron chi connectivity index (χ3n) is 7.85. The number of nitrogens with one attached hydrogen (secondary N) is 1. The molecule has 1 spiro atoms. The maximum atomic E-state index is 14.3. The van der Waals surface area contributed by atoms with Gasteiger partial charge in [0, 0.05) is 32.1 Å². The third-order valence-corrected chi connectivity index (χ3v) is 8.98. The molecule has 9 nitrogen and oxygen atoms in total. The van der Waals surface area contributed by atoms with Crippen LogP contribution in [0.2, 0.25) is 0 Å². The fraction of sp³-hybridized carbons (Fsp3) is 0.464. The van der Waals surface area contributed by atoms with Gasteiger partial charge < -0.3 is 20.0 Å². The standard InChI is InChI=1S/C28H32F4N4O5S/c1-17(2)23(33-24(37)21-15-18(28(30,31)32)5-10-22(21)29)25(38)35-13-11-27(12-14-35)26(39)34(3)16-36(27)19-6-8-20(9-7-19)42(4,40)41/h5-10,15,17,23H,11-14,16H2,1-4H3,(H,33,37). The molecule has 2 aliphatic rings. The first kappa shape index (κ1) is 31.3. The number of likely N-dealkylation sites (N-methyl/N-ethyl adjacent to an activating group) is 1. The largest absolute Gasteiger partial charge is 0.416 e. The molecule has 228 valence electrons. The molecule has 0 aromatic heterocycles. The number of carbonyl (C=O) groups excluding carboxylic acids is 3. The number of hydrogen-bond acceptors (Lipinski definition) is 6. The second kappa shape index (κ2) is 11.2. The summed E-state index contributed by atoms with van der Waals surface area (Å²) in [6.07, 6.45) is -3.19. The van der Waals surface area contributed by atoms with Gasteiger partial charge in [-0.25, -0.2) is 12.8 Å². The number of hydrogen-bond donors (Lipinski definition) is 1. The van der Waals surface area contributed by atoms with Crippen molar-refractivity contribution in [2.24, 2.45) is 5.92 Å². The number of anilines is 1. The van der Waals surface area contributed by atoms with Gasteiger partial charge >= 0.3 is 6.18 Å². The fourth-order valence-corrected chi connectivity index (χ4v) is 6.10. The Kier molecular flexibility index (Phi) is 8.33. The van der Waals surface area contributed by atoms with Crippen LogP contribution in [0.4, 0.5) is 23.2 Å². The summed E-state index contributed by atoms with van der Waals surface area (Å²) in [4.78, 5) is 44.8. The molecule has 0 saturated carbocycles. The summed E-state index contributed by atoms with van der Waals surface area (Å²) in [5.41, 5.74) is -2.34. The normalized spacial score (nSPS) is 18.1. The summed E-state index contributed by atoms with van der Waals surface area (Å²) in [5.74, 6) is -3.41. The van der Waals surface area contributed by atoms with E-state index in [1.165, 1.54) is 17.0 Å². The SMILES string of the molecule is CC(C)C(NC(=O)c1cc(C(F)(F)F)ccc1F)C(=O)N1CCC2(CC1)C(=O)N(C)CN2c1ccc(S(C)(=O)=O)cc1. The summed E-state index contributed by atoms with van der Waals surface area (Å²) < 4.78 is 77.5. The number of rotatable bonds is 6. The van der Waals surface area contributed by atoms with Gasteiger partial charge in [-0.15, -0.1) is 0 Å². The van der Waals surface area contributed by atoms with Crippen LogP contribution in [-0.2, 0) is 25.6 Å². The van der Waals surface area contributed by atoms with Crippen LogP contribution in [0.25, 0.3) is 0 Å². The van der Waals surface area contributed by atoms with Crippen molar-refractivity contribution >= 4 is 33.2 Å². The van der Waals surface area contributed by atoms with E-state index in [-0.39, 0.29) is 43.4 Å². The van der Waals surface area contributed by atoms with Crippen LogP contribution in [0.3, 0.4) is 0 Å². The van der Waals surface area contributed by atoms with Gasteiger partial charge in [-0.3, -0.25) is 14.4 Å². The second-order valence-corrected chi connectivity index (χ2v) is 13.1. The lowest BCUT2D eigenvalue weighted by Crippen LogP contribution is -2.60. The van der Waals surface area contributed by atoms with E-state index < -0.39 is 62.3 Å². The monoisotopic (exact) mass is 612 g/mol. The Morgan fingerprint density at radius 2 is 1.62 bits per heavy atom. The molecule has 0 bridgehead atoms. The van der Waals surface area contributed by atoms with Crippen molar-refractivity contribution in [3.05, 3.63) is 59.4 Å². The minimum Gasteiger partial charge on any atom is -0.341 e. The van der Waals surface area contributed by atoms with Crippen molar-refractivity contribution in [3.63, 3.8) is 0 Å². The van der Waals surface area contributed by atoms with Gasteiger partial charge in [0.05, 0.1) is 22.7 Å². The molecule has 3 amide bonds. The number of carbonyl (C=O) groups is 3. The lowest BCUT2D eigenvalue weighted by atomic mass is 9.85. The second-order valence-electron chi connectivity index (χ2n) is 11.1. The van der Waals surface area contributed by atoms with E-state index in [1.807, 2.05) is 4.90 Å². The maximum absolute atomic E-state index is 14.3. The van der Waals surface area contributed by atoms with Gasteiger partial charge in [0.1, 0.15) is 17.4 Å². The van der Waals surface area contributed by atoms with Crippen molar-refractivity contribution in [2.75, 3.05) is 38.0 Å². The molecular formula is C28H32F4N4O5S. The van der Waals surface area contributed by atoms with Crippen molar-refractivity contribution in [3.8, 4) is 0 Å². The van der Waals surface area contributed by atoms with Gasteiger partial charge in [0.2, 0.25) is 11.8 Å². The molecule has 1 N–H and O–H groups in total. The molecule has 4 rings (SSSR count). The molecule has 0 radical (unpaired) electrons. The number of amides is 3. The molecular weight excluding hydrogens is 580 g/mol. The van der Waals surface area contributed by atoms with E-state index >= 15 is 0 Å². The third kappa shape index (κ3) is 5.94. The Hall–Kier alpha value is -3.68. The highest BCUT2D eigenvalue weighted by Crippen LogP contribution is 2.39. The minimum atomic E-state index is -4.78. The van der Waals surface area contributed by atoms with E-state index in [9.17, 15) is 40.4 Å². The van der Waals surface area contributed by atoms with Crippen LogP contribution >= 0.6 is 0 Å². The van der Waals surface area contributed by atoms with Crippen LogP contribution in [0.5, 0.6) is 0 Å². The highest BCUT2D eigenvalue weighted by molar-refractivity contribution is 7.90. The first-order valence-electron chi connectivity index (χ1n) is 13.3. The highest BCUT2D eigenvalue weighted by atomic mass is 32.2. The summed E-state index contributed by atoms with van der Waals surface area (Å²) in [6, 6.07) is 6.58. The Labute approximate surface area is 241 Å². The predicted molar refractivity (Wildman–Crippen MR) is 146 cm³/mol.